The molecule has 7 nitrogen and oxygen atoms in total. The van der Waals surface area contributed by atoms with Crippen molar-refractivity contribution in [3.05, 3.63) is 23.2 Å². The molecule has 8 heteroatoms. The van der Waals surface area contributed by atoms with Gasteiger partial charge in [-0.2, -0.15) is 0 Å². The van der Waals surface area contributed by atoms with Crippen LogP contribution >= 0.6 is 11.3 Å². The molecule has 1 aliphatic heterocycles. The average Bonchev–Trinajstić information content (AvgIpc) is 2.96. The van der Waals surface area contributed by atoms with Gasteiger partial charge in [-0.05, 0) is 0 Å². The predicted octanol–water partition coefficient (Wildman–Crippen LogP) is -0.0983. The summed E-state index contributed by atoms with van der Waals surface area (Å²) in [6, 6.07) is 0. The lowest BCUT2D eigenvalue weighted by atomic mass is 10.2. The molecule has 0 saturated carbocycles. The topological polar surface area (TPSA) is 89.9 Å². The zero-order valence-corrected chi connectivity index (χ0v) is 10.4. The number of fused-ring (bicyclic) bond motifs is 1. The van der Waals surface area contributed by atoms with E-state index in [1.807, 2.05) is 9.95 Å². The molecule has 0 aliphatic carbocycles. The molecule has 3 heterocycles. The summed E-state index contributed by atoms with van der Waals surface area (Å²) in [5, 5.41) is 10.1. The first-order valence-corrected chi connectivity index (χ1v) is 6.44. The van der Waals surface area contributed by atoms with Gasteiger partial charge in [-0.15, -0.1) is 21.5 Å². The van der Waals surface area contributed by atoms with Gasteiger partial charge in [0.1, 0.15) is 6.33 Å². The van der Waals surface area contributed by atoms with E-state index in [1.165, 1.54) is 11.3 Å². The van der Waals surface area contributed by atoms with Crippen molar-refractivity contribution in [3.63, 3.8) is 0 Å². The van der Waals surface area contributed by atoms with E-state index < -0.39 is 0 Å². The van der Waals surface area contributed by atoms with E-state index >= 15 is 0 Å². The van der Waals surface area contributed by atoms with Gasteiger partial charge in [-0.1, -0.05) is 0 Å². The molecule has 2 aromatic heterocycles. The normalized spacial score (nSPS) is 14.6. The quantitative estimate of drug-likeness (QED) is 0.818. The highest BCUT2D eigenvalue weighted by atomic mass is 32.1. The molecule has 0 bridgehead atoms. The first kappa shape index (κ1) is 11.1. The van der Waals surface area contributed by atoms with Gasteiger partial charge in [0, 0.05) is 18.5 Å². The monoisotopic (exact) mass is 264 g/mol. The Labute approximate surface area is 107 Å². The largest absolute Gasteiger partial charge is 0.375 e. The third-order valence-electron chi connectivity index (χ3n) is 2.89. The third-order valence-corrected chi connectivity index (χ3v) is 3.62. The van der Waals surface area contributed by atoms with E-state index in [2.05, 4.69) is 15.2 Å². The Hall–Kier alpha value is -1.96. The highest BCUT2D eigenvalue weighted by molar-refractivity contribution is 7.13. The number of carbonyl (C=O) groups excluding carboxylic acids is 1. The lowest BCUT2D eigenvalue weighted by Crippen LogP contribution is -2.39. The standard InChI is InChI=1S/C10H12N6OS/c11-10-13-7(5-18-10)3-9(17)15-1-2-16-6-12-14-8(16)4-15/h5-6H,1-4H2,(H2,11,13). The van der Waals surface area contributed by atoms with Crippen LogP contribution in [0.2, 0.25) is 0 Å². The number of amides is 1. The molecular formula is C10H12N6OS. The molecule has 18 heavy (non-hydrogen) atoms. The fourth-order valence-electron chi connectivity index (χ4n) is 1.95. The maximum Gasteiger partial charge on any atom is 0.229 e. The molecule has 0 fully saturated rings. The Bertz CT molecular complexity index is 576. The van der Waals surface area contributed by atoms with E-state index in [9.17, 15) is 4.79 Å². The molecule has 0 atom stereocenters. The van der Waals surface area contributed by atoms with Crippen LogP contribution in [0.15, 0.2) is 11.7 Å². The number of aromatic nitrogens is 4. The summed E-state index contributed by atoms with van der Waals surface area (Å²) in [6.07, 6.45) is 1.99. The predicted molar refractivity (Wildman–Crippen MR) is 65.7 cm³/mol. The van der Waals surface area contributed by atoms with E-state index in [0.29, 0.717) is 24.6 Å². The second-order valence-electron chi connectivity index (χ2n) is 4.11. The molecule has 2 N–H and O–H groups in total. The minimum Gasteiger partial charge on any atom is -0.375 e. The van der Waals surface area contributed by atoms with Gasteiger partial charge in [0.2, 0.25) is 5.91 Å². The highest BCUT2D eigenvalue weighted by Crippen LogP contribution is 2.14. The second-order valence-corrected chi connectivity index (χ2v) is 5.00. The van der Waals surface area contributed by atoms with Crippen LogP contribution < -0.4 is 5.73 Å². The SMILES string of the molecule is Nc1nc(CC(=O)N2CCn3cnnc3C2)cs1. The molecule has 94 valence electrons. The van der Waals surface area contributed by atoms with E-state index in [4.69, 9.17) is 5.73 Å². The zero-order valence-electron chi connectivity index (χ0n) is 9.61. The fourth-order valence-corrected chi connectivity index (χ4v) is 2.51. The molecule has 3 rings (SSSR count). The summed E-state index contributed by atoms with van der Waals surface area (Å²) in [7, 11) is 0. The molecule has 2 aromatic rings. The van der Waals surface area contributed by atoms with E-state index in [0.717, 1.165) is 18.1 Å². The van der Waals surface area contributed by atoms with Gasteiger partial charge >= 0.3 is 0 Å². The number of hydrogen-bond acceptors (Lipinski definition) is 6. The molecular weight excluding hydrogens is 252 g/mol. The van der Waals surface area contributed by atoms with Crippen LogP contribution in [-0.4, -0.2) is 37.1 Å². The van der Waals surface area contributed by atoms with Crippen LogP contribution in [0.3, 0.4) is 0 Å². The van der Waals surface area contributed by atoms with Crippen LogP contribution in [0.4, 0.5) is 5.13 Å². The second kappa shape index (κ2) is 4.37. The van der Waals surface area contributed by atoms with Gasteiger partial charge in [-0.3, -0.25) is 4.79 Å². The maximum atomic E-state index is 12.1. The summed E-state index contributed by atoms with van der Waals surface area (Å²) in [6.45, 7) is 1.94. The number of thiazole rings is 1. The van der Waals surface area contributed by atoms with Gasteiger partial charge in [0.15, 0.2) is 11.0 Å². The number of rotatable bonds is 2. The van der Waals surface area contributed by atoms with Gasteiger partial charge in [-0.25, -0.2) is 4.98 Å². The van der Waals surface area contributed by atoms with Crippen molar-refractivity contribution in [1.82, 2.24) is 24.6 Å². The summed E-state index contributed by atoms with van der Waals surface area (Å²) < 4.78 is 1.96. The Morgan fingerprint density at radius 3 is 3.17 bits per heavy atom. The zero-order chi connectivity index (χ0) is 12.5. The Balaban J connectivity index is 1.67. The summed E-state index contributed by atoms with van der Waals surface area (Å²) in [5.74, 6) is 0.877. The number of hydrogen-bond donors (Lipinski definition) is 1. The number of anilines is 1. The van der Waals surface area contributed by atoms with Gasteiger partial charge < -0.3 is 15.2 Å². The molecule has 0 unspecified atom stereocenters. The molecule has 1 amide bonds. The minimum atomic E-state index is 0.0505. The third kappa shape index (κ3) is 2.06. The van der Waals surface area contributed by atoms with Crippen LogP contribution in [0.25, 0.3) is 0 Å². The van der Waals surface area contributed by atoms with Crippen LogP contribution in [0.1, 0.15) is 11.5 Å². The Kier molecular flexibility index (Phi) is 2.71. The first-order valence-electron chi connectivity index (χ1n) is 5.57. The van der Waals surface area contributed by atoms with Crippen LogP contribution in [0, 0.1) is 0 Å². The Morgan fingerprint density at radius 1 is 1.50 bits per heavy atom. The molecule has 0 radical (unpaired) electrons. The van der Waals surface area contributed by atoms with Crippen molar-refractivity contribution in [2.45, 2.75) is 19.5 Å². The highest BCUT2D eigenvalue weighted by Gasteiger charge is 2.22. The molecule has 0 saturated heterocycles. The number of nitrogens with two attached hydrogens (primary N) is 1. The molecule has 0 spiro atoms. The maximum absolute atomic E-state index is 12.1. The number of carbonyl (C=O) groups is 1. The first-order chi connectivity index (χ1) is 8.72. The smallest absolute Gasteiger partial charge is 0.229 e. The van der Waals surface area contributed by atoms with Crippen LogP contribution in [0.5, 0.6) is 0 Å². The fraction of sp³-hybridized carbons (Fsp3) is 0.400. The lowest BCUT2D eigenvalue weighted by Gasteiger charge is -2.26. The summed E-state index contributed by atoms with van der Waals surface area (Å²) >= 11 is 1.35. The summed E-state index contributed by atoms with van der Waals surface area (Å²) in [4.78, 5) is 18.0. The van der Waals surface area contributed by atoms with Crippen molar-refractivity contribution in [2.24, 2.45) is 0 Å². The molecule has 0 aromatic carbocycles. The molecule has 1 aliphatic rings. The van der Waals surface area contributed by atoms with E-state index in [-0.39, 0.29) is 5.91 Å². The van der Waals surface area contributed by atoms with Crippen molar-refractivity contribution >= 4 is 22.4 Å². The average molecular weight is 264 g/mol. The van der Waals surface area contributed by atoms with Crippen molar-refractivity contribution in [1.29, 1.82) is 0 Å². The Morgan fingerprint density at radius 2 is 2.39 bits per heavy atom. The van der Waals surface area contributed by atoms with Crippen molar-refractivity contribution in [3.8, 4) is 0 Å². The lowest BCUT2D eigenvalue weighted by molar-refractivity contribution is -0.132. The van der Waals surface area contributed by atoms with Crippen molar-refractivity contribution in [2.75, 3.05) is 12.3 Å². The number of nitrogen functional groups attached to an aromatic ring is 1. The summed E-state index contributed by atoms with van der Waals surface area (Å²) in [5.41, 5.74) is 6.27. The van der Waals surface area contributed by atoms with Crippen LogP contribution in [-0.2, 0) is 24.3 Å². The van der Waals surface area contributed by atoms with Crippen molar-refractivity contribution < 1.29 is 4.79 Å². The van der Waals surface area contributed by atoms with Gasteiger partial charge in [0.25, 0.3) is 0 Å². The van der Waals surface area contributed by atoms with E-state index in [1.54, 1.807) is 11.2 Å². The van der Waals surface area contributed by atoms with Gasteiger partial charge in [0.05, 0.1) is 18.7 Å². The number of nitrogens with zero attached hydrogens (tertiary/aromatic N) is 5. The minimum absolute atomic E-state index is 0.0505.